The van der Waals surface area contributed by atoms with Gasteiger partial charge in [0.25, 0.3) is 0 Å². The van der Waals surface area contributed by atoms with Gasteiger partial charge in [-0.3, -0.25) is 0 Å². The summed E-state index contributed by atoms with van der Waals surface area (Å²) in [6, 6.07) is 0. The van der Waals surface area contributed by atoms with Gasteiger partial charge in [-0.15, -0.1) is 0 Å². The quantitative estimate of drug-likeness (QED) is 0.415. The highest BCUT2D eigenvalue weighted by Gasteiger charge is 2.08. The number of hydrogen-bond acceptors (Lipinski definition) is 4. The van der Waals surface area contributed by atoms with Crippen LogP contribution in [0.4, 0.5) is 0 Å². The van der Waals surface area contributed by atoms with Crippen molar-refractivity contribution in [2.75, 3.05) is 40.3 Å². The smallest absolute Gasteiger partial charge is 0.0558 e. The number of nitrogens with zero attached hydrogens (tertiary/aromatic N) is 1. The fourth-order valence-corrected chi connectivity index (χ4v) is 1.08. The number of nitrogens with one attached hydrogen (secondary N) is 2. The van der Waals surface area contributed by atoms with Crippen LogP contribution in [-0.4, -0.2) is 50.0 Å². The van der Waals surface area contributed by atoms with Crippen molar-refractivity contribution in [3.8, 4) is 0 Å². The summed E-state index contributed by atoms with van der Waals surface area (Å²) in [5.74, 6) is 0. The Morgan fingerprint density at radius 3 is 2.23 bits per heavy atom. The van der Waals surface area contributed by atoms with Crippen molar-refractivity contribution in [2.45, 2.75) is 18.7 Å². The first-order chi connectivity index (χ1) is 5.95. The Kier molecular flexibility index (Phi) is 6.77. The first-order valence-electron chi connectivity index (χ1n) is 4.76. The summed E-state index contributed by atoms with van der Waals surface area (Å²) in [6.07, 6.45) is 0. The van der Waals surface area contributed by atoms with Gasteiger partial charge in [0.15, 0.2) is 0 Å². The minimum absolute atomic E-state index is 0.0656. The zero-order valence-electron chi connectivity index (χ0n) is 9.22. The Morgan fingerprint density at radius 1 is 1.23 bits per heavy atom. The predicted molar refractivity (Wildman–Crippen MR) is 62.5 cm³/mol. The van der Waals surface area contributed by atoms with Gasteiger partial charge in [-0.2, -0.15) is 12.6 Å². The Morgan fingerprint density at radius 2 is 1.77 bits per heavy atom. The number of hydrogen-bond donors (Lipinski definition) is 3. The van der Waals surface area contributed by atoms with E-state index in [4.69, 9.17) is 0 Å². The third kappa shape index (κ3) is 10.1. The molecule has 0 saturated carbocycles. The molecule has 0 amide bonds. The van der Waals surface area contributed by atoms with Crippen molar-refractivity contribution < 1.29 is 0 Å². The molecule has 0 bridgehead atoms. The van der Waals surface area contributed by atoms with E-state index in [1.165, 1.54) is 0 Å². The summed E-state index contributed by atoms with van der Waals surface area (Å²) in [7, 11) is 4.10. The van der Waals surface area contributed by atoms with E-state index >= 15 is 0 Å². The molecule has 0 radical (unpaired) electrons. The van der Waals surface area contributed by atoms with Gasteiger partial charge in [0.05, 0.1) is 4.87 Å². The number of rotatable bonds is 7. The van der Waals surface area contributed by atoms with Gasteiger partial charge in [-0.05, 0) is 27.9 Å². The number of thiol groups is 1. The molecule has 0 fully saturated rings. The van der Waals surface area contributed by atoms with Crippen LogP contribution in [0, 0.1) is 0 Å². The first kappa shape index (κ1) is 13.2. The van der Waals surface area contributed by atoms with E-state index in [-0.39, 0.29) is 4.87 Å². The molecular formula is C9H23N3S. The molecular weight excluding hydrogens is 182 g/mol. The largest absolute Gasteiger partial charge is 0.318 e. The lowest BCUT2D eigenvalue weighted by atomic mass is 10.3. The lowest BCUT2D eigenvalue weighted by molar-refractivity contribution is 0.325. The van der Waals surface area contributed by atoms with Crippen molar-refractivity contribution >= 4 is 12.6 Å². The van der Waals surface area contributed by atoms with Crippen LogP contribution in [0.25, 0.3) is 0 Å². The molecule has 0 aromatic carbocycles. The molecule has 0 unspecified atom stereocenters. The molecule has 0 aliphatic rings. The third-order valence-corrected chi connectivity index (χ3v) is 1.95. The van der Waals surface area contributed by atoms with E-state index in [1.54, 1.807) is 0 Å². The second-order valence-electron chi connectivity index (χ2n) is 3.89. The topological polar surface area (TPSA) is 27.3 Å². The standard InChI is InChI=1S/C9H23N3S/c1-9(2,13)11-6-8-12(4)7-5-10-3/h10-11,13H,5-8H2,1-4H3. The molecule has 0 aliphatic carbocycles. The summed E-state index contributed by atoms with van der Waals surface area (Å²) in [5, 5.41) is 6.46. The molecule has 0 aromatic heterocycles. The van der Waals surface area contributed by atoms with Crippen molar-refractivity contribution in [3.05, 3.63) is 0 Å². The highest BCUT2D eigenvalue weighted by molar-refractivity contribution is 7.81. The maximum atomic E-state index is 4.39. The Bertz CT molecular complexity index is 123. The second-order valence-corrected chi connectivity index (χ2v) is 5.01. The molecule has 0 heterocycles. The Balaban J connectivity index is 3.31. The van der Waals surface area contributed by atoms with Crippen LogP contribution >= 0.6 is 12.6 Å². The van der Waals surface area contributed by atoms with Gasteiger partial charge in [0.1, 0.15) is 0 Å². The molecule has 3 nitrogen and oxygen atoms in total. The van der Waals surface area contributed by atoms with Crippen LogP contribution in [0.3, 0.4) is 0 Å². The molecule has 2 N–H and O–H groups in total. The maximum absolute atomic E-state index is 4.39. The van der Waals surface area contributed by atoms with Crippen molar-refractivity contribution in [1.29, 1.82) is 0 Å². The SMILES string of the molecule is CNCCN(C)CCNC(C)(C)S. The van der Waals surface area contributed by atoms with Gasteiger partial charge in [0.2, 0.25) is 0 Å². The molecule has 0 aromatic rings. The van der Waals surface area contributed by atoms with Crippen LogP contribution in [0.5, 0.6) is 0 Å². The summed E-state index contributed by atoms with van der Waals surface area (Å²) in [5.41, 5.74) is 0. The molecule has 80 valence electrons. The molecule has 0 rings (SSSR count). The molecule has 0 spiro atoms. The number of likely N-dealkylation sites (N-methyl/N-ethyl adjacent to an activating group) is 2. The highest BCUT2D eigenvalue weighted by Crippen LogP contribution is 2.04. The molecule has 0 atom stereocenters. The van der Waals surface area contributed by atoms with Crippen LogP contribution < -0.4 is 10.6 Å². The predicted octanol–water partition coefficient (Wildman–Crippen LogP) is 0.393. The molecule has 0 aliphatic heterocycles. The normalized spacial score (nSPS) is 12.5. The van der Waals surface area contributed by atoms with Crippen LogP contribution in [0.2, 0.25) is 0 Å². The van der Waals surface area contributed by atoms with E-state index in [0.717, 1.165) is 26.2 Å². The minimum Gasteiger partial charge on any atom is -0.318 e. The fraction of sp³-hybridized carbons (Fsp3) is 1.00. The average molecular weight is 205 g/mol. The zero-order chi connectivity index (χ0) is 10.3. The van der Waals surface area contributed by atoms with Crippen molar-refractivity contribution in [3.63, 3.8) is 0 Å². The van der Waals surface area contributed by atoms with E-state index in [2.05, 4.69) is 49.1 Å². The summed E-state index contributed by atoms with van der Waals surface area (Å²) < 4.78 is 0. The van der Waals surface area contributed by atoms with E-state index in [1.807, 2.05) is 7.05 Å². The van der Waals surface area contributed by atoms with Gasteiger partial charge in [0, 0.05) is 26.2 Å². The monoisotopic (exact) mass is 205 g/mol. The maximum Gasteiger partial charge on any atom is 0.0558 e. The van der Waals surface area contributed by atoms with E-state index in [9.17, 15) is 0 Å². The van der Waals surface area contributed by atoms with Crippen LogP contribution in [-0.2, 0) is 0 Å². The highest BCUT2D eigenvalue weighted by atomic mass is 32.1. The van der Waals surface area contributed by atoms with Crippen molar-refractivity contribution in [2.24, 2.45) is 0 Å². The fourth-order valence-electron chi connectivity index (χ4n) is 0.967. The van der Waals surface area contributed by atoms with Gasteiger partial charge >= 0.3 is 0 Å². The lowest BCUT2D eigenvalue weighted by Crippen LogP contribution is -2.40. The second kappa shape index (κ2) is 6.65. The Hall–Kier alpha value is 0.230. The summed E-state index contributed by atoms with van der Waals surface area (Å²) in [4.78, 5) is 2.23. The van der Waals surface area contributed by atoms with E-state index in [0.29, 0.717) is 0 Å². The summed E-state index contributed by atoms with van der Waals surface area (Å²) >= 11 is 4.39. The van der Waals surface area contributed by atoms with Crippen LogP contribution in [0.1, 0.15) is 13.8 Å². The van der Waals surface area contributed by atoms with Gasteiger partial charge in [-0.25, -0.2) is 0 Å². The minimum atomic E-state index is -0.0656. The zero-order valence-corrected chi connectivity index (χ0v) is 10.1. The summed E-state index contributed by atoms with van der Waals surface area (Å²) in [6.45, 7) is 8.29. The van der Waals surface area contributed by atoms with E-state index < -0.39 is 0 Å². The van der Waals surface area contributed by atoms with Gasteiger partial charge in [-0.1, -0.05) is 0 Å². The Labute approximate surface area is 87.7 Å². The molecule has 4 heteroatoms. The molecule has 0 saturated heterocycles. The van der Waals surface area contributed by atoms with Crippen LogP contribution in [0.15, 0.2) is 0 Å². The van der Waals surface area contributed by atoms with Crippen molar-refractivity contribution in [1.82, 2.24) is 15.5 Å². The first-order valence-corrected chi connectivity index (χ1v) is 5.21. The lowest BCUT2D eigenvalue weighted by Gasteiger charge is -2.22. The van der Waals surface area contributed by atoms with Gasteiger partial charge < -0.3 is 15.5 Å². The molecule has 13 heavy (non-hydrogen) atoms. The third-order valence-electron chi connectivity index (χ3n) is 1.79. The average Bonchev–Trinajstić information content (AvgIpc) is 1.98.